The van der Waals surface area contributed by atoms with Gasteiger partial charge in [-0.3, -0.25) is 0 Å². The summed E-state index contributed by atoms with van der Waals surface area (Å²) in [5.74, 6) is 2.72. The van der Waals surface area contributed by atoms with Crippen molar-refractivity contribution >= 4 is 34.4 Å². The highest BCUT2D eigenvalue weighted by molar-refractivity contribution is 7.99. The van der Waals surface area contributed by atoms with E-state index in [1.165, 1.54) is 22.4 Å². The van der Waals surface area contributed by atoms with Gasteiger partial charge in [-0.1, -0.05) is 43.2 Å². The largest absolute Gasteiger partial charge is 0.377 e. The van der Waals surface area contributed by atoms with Crippen molar-refractivity contribution in [3.63, 3.8) is 0 Å². The molecule has 7 heteroatoms. The summed E-state index contributed by atoms with van der Waals surface area (Å²) in [4.78, 5) is 13.7. The summed E-state index contributed by atoms with van der Waals surface area (Å²) in [6.45, 7) is 10.6. The smallest absolute Gasteiger partial charge is 0.228 e. The molecule has 0 aliphatic carbocycles. The predicted molar refractivity (Wildman–Crippen MR) is 142 cm³/mol. The average molecular weight is 478 g/mol. The Kier molecular flexibility index (Phi) is 6.95. The minimum atomic E-state index is -0.0476. The molecule has 0 radical (unpaired) electrons. The van der Waals surface area contributed by atoms with E-state index in [1.54, 1.807) is 0 Å². The van der Waals surface area contributed by atoms with Crippen LogP contribution in [-0.2, 0) is 11.3 Å². The fourth-order valence-corrected chi connectivity index (χ4v) is 5.89. The van der Waals surface area contributed by atoms with Crippen molar-refractivity contribution in [1.82, 2.24) is 15.3 Å². The summed E-state index contributed by atoms with van der Waals surface area (Å²) < 4.78 is 5.63. The minimum absolute atomic E-state index is 0.0476. The highest BCUT2D eigenvalue weighted by Gasteiger charge is 2.39. The molecule has 1 unspecified atom stereocenters. The number of nitrogens with one attached hydrogen (secondary N) is 2. The molecule has 2 aliphatic heterocycles. The number of hydrogen-bond acceptors (Lipinski definition) is 7. The molecule has 34 heavy (non-hydrogen) atoms. The lowest BCUT2D eigenvalue weighted by Gasteiger charge is -2.44. The molecule has 2 aliphatic rings. The molecule has 0 spiro atoms. The summed E-state index contributed by atoms with van der Waals surface area (Å²) >= 11 is 1.92. The fraction of sp³-hybridized carbons (Fsp3) is 0.481. The Labute approximate surface area is 206 Å². The molecule has 180 valence electrons. The van der Waals surface area contributed by atoms with Gasteiger partial charge in [0.15, 0.2) is 0 Å². The van der Waals surface area contributed by atoms with Gasteiger partial charge in [-0.25, -0.2) is 4.98 Å². The summed E-state index contributed by atoms with van der Waals surface area (Å²) in [7, 11) is 0. The number of nitrogens with zero attached hydrogens (tertiary/aromatic N) is 3. The van der Waals surface area contributed by atoms with Crippen LogP contribution in [0.4, 0.5) is 11.8 Å². The molecule has 2 N–H and O–H groups in total. The topological polar surface area (TPSA) is 62.3 Å². The van der Waals surface area contributed by atoms with Crippen LogP contribution in [0.1, 0.15) is 37.8 Å². The molecular formula is C27H35N5OS. The van der Waals surface area contributed by atoms with Crippen molar-refractivity contribution in [3.05, 3.63) is 53.6 Å². The van der Waals surface area contributed by atoms with Crippen LogP contribution < -0.4 is 15.5 Å². The molecule has 6 nitrogen and oxygen atoms in total. The number of aromatic nitrogens is 2. The van der Waals surface area contributed by atoms with Crippen LogP contribution in [0.3, 0.4) is 0 Å². The number of hydrogen-bond donors (Lipinski definition) is 2. The number of benzene rings is 2. The zero-order chi connectivity index (χ0) is 23.5. The molecule has 3 aromatic rings. The maximum atomic E-state index is 5.63. The van der Waals surface area contributed by atoms with Gasteiger partial charge in [0.05, 0.1) is 24.3 Å². The Morgan fingerprint density at radius 3 is 2.82 bits per heavy atom. The molecule has 0 saturated carbocycles. The van der Waals surface area contributed by atoms with Gasteiger partial charge in [-0.2, -0.15) is 4.98 Å². The highest BCUT2D eigenvalue weighted by Crippen LogP contribution is 2.31. The van der Waals surface area contributed by atoms with Crippen LogP contribution in [-0.4, -0.2) is 53.6 Å². The minimum Gasteiger partial charge on any atom is -0.377 e. The van der Waals surface area contributed by atoms with Crippen LogP contribution in [0, 0.1) is 6.92 Å². The van der Waals surface area contributed by atoms with Crippen LogP contribution in [0.2, 0.25) is 0 Å². The van der Waals surface area contributed by atoms with Crippen LogP contribution in [0.5, 0.6) is 0 Å². The molecule has 1 aromatic heterocycles. The number of ether oxygens (including phenoxy) is 1. The van der Waals surface area contributed by atoms with E-state index in [9.17, 15) is 0 Å². The first-order valence-corrected chi connectivity index (χ1v) is 13.4. The van der Waals surface area contributed by atoms with Gasteiger partial charge in [-0.15, -0.1) is 11.8 Å². The van der Waals surface area contributed by atoms with Crippen molar-refractivity contribution in [2.75, 3.05) is 42.3 Å². The SMILES string of the molecule is CCCC(C)NC1(CNc2nc(N3CCSc4ccccc4C3)nc3ccc(C)cc23)COC1. The van der Waals surface area contributed by atoms with Crippen molar-refractivity contribution in [3.8, 4) is 0 Å². The van der Waals surface area contributed by atoms with Gasteiger partial charge in [0.2, 0.25) is 5.95 Å². The lowest BCUT2D eigenvalue weighted by Crippen LogP contribution is -2.66. The summed E-state index contributed by atoms with van der Waals surface area (Å²) in [5.41, 5.74) is 3.48. The van der Waals surface area contributed by atoms with E-state index in [1.807, 2.05) is 11.8 Å². The zero-order valence-electron chi connectivity index (χ0n) is 20.4. The number of anilines is 2. The molecule has 0 amide bonds. The number of aryl methyl sites for hydroxylation is 1. The van der Waals surface area contributed by atoms with E-state index in [0.717, 1.165) is 67.7 Å². The van der Waals surface area contributed by atoms with Crippen molar-refractivity contribution in [2.45, 2.75) is 56.6 Å². The Bertz CT molecular complexity index is 1150. The summed E-state index contributed by atoms with van der Waals surface area (Å²) in [5, 5.41) is 8.58. The first kappa shape index (κ1) is 23.4. The molecule has 1 saturated heterocycles. The predicted octanol–water partition coefficient (Wildman–Crippen LogP) is 5.01. The van der Waals surface area contributed by atoms with Gasteiger partial charge >= 0.3 is 0 Å². The lowest BCUT2D eigenvalue weighted by atomic mass is 9.95. The first-order chi connectivity index (χ1) is 16.5. The van der Waals surface area contributed by atoms with Gasteiger partial charge in [0.1, 0.15) is 5.82 Å². The molecule has 3 heterocycles. The Balaban J connectivity index is 1.43. The summed E-state index contributed by atoms with van der Waals surface area (Å²) in [6.07, 6.45) is 2.34. The quantitative estimate of drug-likeness (QED) is 0.473. The average Bonchev–Trinajstić information content (AvgIpc) is 3.03. The number of thioether (sulfide) groups is 1. The monoisotopic (exact) mass is 477 g/mol. The molecule has 0 bridgehead atoms. The van der Waals surface area contributed by atoms with E-state index in [0.29, 0.717) is 6.04 Å². The maximum absolute atomic E-state index is 5.63. The third-order valence-electron chi connectivity index (χ3n) is 6.70. The zero-order valence-corrected chi connectivity index (χ0v) is 21.3. The number of rotatable bonds is 8. The summed E-state index contributed by atoms with van der Waals surface area (Å²) in [6, 6.07) is 15.6. The molecule has 1 atom stereocenters. The second kappa shape index (κ2) is 10.1. The molecular weight excluding hydrogens is 442 g/mol. The molecule has 5 rings (SSSR count). The maximum Gasteiger partial charge on any atom is 0.228 e. The normalized spacial score (nSPS) is 18.1. The van der Waals surface area contributed by atoms with E-state index < -0.39 is 0 Å². The van der Waals surface area contributed by atoms with Gasteiger partial charge in [0, 0.05) is 41.7 Å². The fourth-order valence-electron chi connectivity index (χ4n) is 4.87. The van der Waals surface area contributed by atoms with Crippen LogP contribution >= 0.6 is 11.8 Å². The second-order valence-electron chi connectivity index (χ2n) is 9.73. The van der Waals surface area contributed by atoms with E-state index in [4.69, 9.17) is 14.7 Å². The van der Waals surface area contributed by atoms with Crippen molar-refractivity contribution in [1.29, 1.82) is 0 Å². The first-order valence-electron chi connectivity index (χ1n) is 12.4. The molecule has 2 aromatic carbocycles. The van der Waals surface area contributed by atoms with Gasteiger partial charge < -0.3 is 20.3 Å². The lowest BCUT2D eigenvalue weighted by molar-refractivity contribution is -0.0717. The Hall–Kier alpha value is -2.35. The van der Waals surface area contributed by atoms with E-state index in [2.05, 4.69) is 78.8 Å². The highest BCUT2D eigenvalue weighted by atomic mass is 32.2. The third-order valence-corrected chi connectivity index (χ3v) is 7.80. The Morgan fingerprint density at radius 1 is 1.18 bits per heavy atom. The van der Waals surface area contributed by atoms with Crippen molar-refractivity contribution < 1.29 is 4.74 Å². The molecule has 1 fully saturated rings. The Morgan fingerprint density at radius 2 is 2.03 bits per heavy atom. The van der Waals surface area contributed by atoms with Crippen LogP contribution in [0.25, 0.3) is 10.9 Å². The standard InChI is InChI=1S/C27H35N5OS/c1-4-7-20(3)31-27(17-33-18-27)16-28-25-22-14-19(2)10-11-23(22)29-26(30-25)32-12-13-34-24-9-6-5-8-21(24)15-32/h5-6,8-11,14,20,31H,4,7,12-13,15-18H2,1-3H3,(H,28,29,30). The van der Waals surface area contributed by atoms with E-state index >= 15 is 0 Å². The van der Waals surface area contributed by atoms with Crippen LogP contribution in [0.15, 0.2) is 47.4 Å². The second-order valence-corrected chi connectivity index (χ2v) is 10.9. The van der Waals surface area contributed by atoms with E-state index in [-0.39, 0.29) is 5.54 Å². The number of fused-ring (bicyclic) bond motifs is 2. The third kappa shape index (κ3) is 5.02. The van der Waals surface area contributed by atoms with Crippen molar-refractivity contribution in [2.24, 2.45) is 0 Å². The van der Waals surface area contributed by atoms with Gasteiger partial charge in [-0.05, 0) is 44.0 Å². The van der Waals surface area contributed by atoms with Gasteiger partial charge in [0.25, 0.3) is 0 Å².